The molecule has 0 heterocycles. The van der Waals surface area contributed by atoms with Crippen LogP contribution in [0.5, 0.6) is 0 Å². The molecular weight excluding hydrogens is 204 g/mol. The molecule has 0 aromatic heterocycles. The SMILES string of the molecule is CCCCCCCC(CC)OC(C)(O)CO. The molecule has 0 saturated carbocycles. The molecule has 0 fully saturated rings. The Hall–Kier alpha value is -0.120. The largest absolute Gasteiger partial charge is 0.391 e. The smallest absolute Gasteiger partial charge is 0.186 e. The standard InChI is InChI=1S/C13H28O3/c1-4-6-7-8-9-10-12(5-2)16-13(3,15)11-14/h12,14-15H,4-11H2,1-3H3. The molecule has 0 aliphatic carbocycles. The van der Waals surface area contributed by atoms with Crippen LogP contribution in [0.4, 0.5) is 0 Å². The van der Waals surface area contributed by atoms with Crippen LogP contribution in [0.3, 0.4) is 0 Å². The summed E-state index contributed by atoms with van der Waals surface area (Å²) in [5.41, 5.74) is 0. The van der Waals surface area contributed by atoms with Crippen LogP contribution >= 0.6 is 0 Å². The highest BCUT2D eigenvalue weighted by atomic mass is 16.6. The van der Waals surface area contributed by atoms with Crippen LogP contribution in [-0.4, -0.2) is 28.7 Å². The number of hydrogen-bond donors (Lipinski definition) is 2. The van der Waals surface area contributed by atoms with Gasteiger partial charge in [-0.1, -0.05) is 46.0 Å². The molecular formula is C13H28O3. The summed E-state index contributed by atoms with van der Waals surface area (Å²) in [7, 11) is 0. The Morgan fingerprint density at radius 2 is 1.75 bits per heavy atom. The summed E-state index contributed by atoms with van der Waals surface area (Å²) in [5, 5.41) is 18.5. The average Bonchev–Trinajstić information content (AvgIpc) is 2.27. The van der Waals surface area contributed by atoms with E-state index in [9.17, 15) is 5.11 Å². The summed E-state index contributed by atoms with van der Waals surface area (Å²) in [6.45, 7) is 5.41. The summed E-state index contributed by atoms with van der Waals surface area (Å²) in [4.78, 5) is 0. The van der Waals surface area contributed by atoms with Gasteiger partial charge in [0.1, 0.15) is 0 Å². The van der Waals surface area contributed by atoms with Crippen molar-refractivity contribution in [2.45, 2.75) is 77.6 Å². The third kappa shape index (κ3) is 8.08. The Morgan fingerprint density at radius 3 is 2.25 bits per heavy atom. The minimum absolute atomic E-state index is 0.0591. The Labute approximate surface area is 99.8 Å². The Bertz CT molecular complexity index is 157. The van der Waals surface area contributed by atoms with Gasteiger partial charge in [-0.2, -0.15) is 0 Å². The summed E-state index contributed by atoms with van der Waals surface area (Å²) in [6, 6.07) is 0. The molecule has 3 nitrogen and oxygen atoms in total. The lowest BCUT2D eigenvalue weighted by Crippen LogP contribution is -2.36. The molecule has 0 aromatic carbocycles. The second kappa shape index (κ2) is 8.97. The summed E-state index contributed by atoms with van der Waals surface area (Å²) >= 11 is 0. The lowest BCUT2D eigenvalue weighted by molar-refractivity contribution is -0.237. The van der Waals surface area contributed by atoms with Gasteiger partial charge in [0.25, 0.3) is 0 Å². The molecule has 2 unspecified atom stereocenters. The maximum atomic E-state index is 9.59. The fourth-order valence-corrected chi connectivity index (χ4v) is 1.72. The molecule has 2 atom stereocenters. The van der Waals surface area contributed by atoms with E-state index >= 15 is 0 Å². The van der Waals surface area contributed by atoms with Crippen molar-refractivity contribution in [1.29, 1.82) is 0 Å². The van der Waals surface area contributed by atoms with Gasteiger partial charge in [-0.15, -0.1) is 0 Å². The molecule has 0 saturated heterocycles. The van der Waals surface area contributed by atoms with Crippen molar-refractivity contribution < 1.29 is 14.9 Å². The Kier molecular flexibility index (Phi) is 8.90. The maximum Gasteiger partial charge on any atom is 0.186 e. The van der Waals surface area contributed by atoms with Crippen LogP contribution in [0.25, 0.3) is 0 Å². The van der Waals surface area contributed by atoms with Crippen molar-refractivity contribution in [2.75, 3.05) is 6.61 Å². The minimum atomic E-state index is -1.38. The topological polar surface area (TPSA) is 49.7 Å². The molecule has 0 amide bonds. The van der Waals surface area contributed by atoms with E-state index in [4.69, 9.17) is 9.84 Å². The van der Waals surface area contributed by atoms with E-state index in [1.807, 2.05) is 6.92 Å². The third-order valence-electron chi connectivity index (χ3n) is 2.80. The lowest BCUT2D eigenvalue weighted by atomic mass is 10.1. The van der Waals surface area contributed by atoms with Crippen molar-refractivity contribution in [1.82, 2.24) is 0 Å². The molecule has 0 radical (unpaired) electrons. The Morgan fingerprint density at radius 1 is 1.12 bits per heavy atom. The van der Waals surface area contributed by atoms with Crippen molar-refractivity contribution >= 4 is 0 Å². The molecule has 0 bridgehead atoms. The van der Waals surface area contributed by atoms with E-state index in [1.165, 1.54) is 32.6 Å². The molecule has 0 aromatic rings. The number of rotatable bonds is 10. The fraction of sp³-hybridized carbons (Fsp3) is 1.00. The van der Waals surface area contributed by atoms with Crippen LogP contribution in [-0.2, 0) is 4.74 Å². The molecule has 98 valence electrons. The van der Waals surface area contributed by atoms with Crippen LogP contribution in [0.2, 0.25) is 0 Å². The number of hydrogen-bond acceptors (Lipinski definition) is 3. The predicted octanol–water partition coefficient (Wildman–Crippen LogP) is 2.84. The normalized spacial score (nSPS) is 17.1. The van der Waals surface area contributed by atoms with Gasteiger partial charge in [-0.25, -0.2) is 0 Å². The van der Waals surface area contributed by atoms with Gasteiger partial charge < -0.3 is 14.9 Å². The van der Waals surface area contributed by atoms with Gasteiger partial charge in [0.15, 0.2) is 5.79 Å². The first-order chi connectivity index (χ1) is 7.55. The third-order valence-corrected chi connectivity index (χ3v) is 2.80. The Balaban J connectivity index is 3.67. The van der Waals surface area contributed by atoms with Gasteiger partial charge >= 0.3 is 0 Å². The van der Waals surface area contributed by atoms with Crippen LogP contribution in [0, 0.1) is 0 Å². The predicted molar refractivity (Wildman–Crippen MR) is 66.2 cm³/mol. The fourth-order valence-electron chi connectivity index (χ4n) is 1.72. The molecule has 16 heavy (non-hydrogen) atoms. The molecule has 3 heteroatoms. The van der Waals surface area contributed by atoms with E-state index < -0.39 is 5.79 Å². The highest BCUT2D eigenvalue weighted by Crippen LogP contribution is 2.17. The van der Waals surface area contributed by atoms with E-state index in [2.05, 4.69) is 6.92 Å². The zero-order valence-corrected chi connectivity index (χ0v) is 11.0. The van der Waals surface area contributed by atoms with E-state index in [1.54, 1.807) is 0 Å². The molecule has 0 aliphatic rings. The van der Waals surface area contributed by atoms with Crippen molar-refractivity contribution in [3.8, 4) is 0 Å². The molecule has 0 spiro atoms. The van der Waals surface area contributed by atoms with Crippen molar-refractivity contribution in [3.63, 3.8) is 0 Å². The second-order valence-corrected chi connectivity index (χ2v) is 4.68. The molecule has 0 rings (SSSR count). The highest BCUT2D eigenvalue weighted by molar-refractivity contribution is 4.64. The summed E-state index contributed by atoms with van der Waals surface area (Å²) < 4.78 is 5.45. The van der Waals surface area contributed by atoms with Crippen LogP contribution < -0.4 is 0 Å². The van der Waals surface area contributed by atoms with E-state index in [-0.39, 0.29) is 12.7 Å². The van der Waals surface area contributed by atoms with E-state index in [0.29, 0.717) is 0 Å². The zero-order valence-electron chi connectivity index (χ0n) is 11.0. The van der Waals surface area contributed by atoms with Gasteiger partial charge in [-0.05, 0) is 19.8 Å². The number of aliphatic hydroxyl groups is 2. The number of aliphatic hydroxyl groups excluding tert-OH is 1. The van der Waals surface area contributed by atoms with Gasteiger partial charge in [0, 0.05) is 0 Å². The van der Waals surface area contributed by atoms with Crippen molar-refractivity contribution in [3.05, 3.63) is 0 Å². The summed E-state index contributed by atoms with van der Waals surface area (Å²) in [5.74, 6) is -1.38. The van der Waals surface area contributed by atoms with E-state index in [0.717, 1.165) is 19.3 Å². The number of unbranched alkanes of at least 4 members (excludes halogenated alkanes) is 4. The zero-order chi connectivity index (χ0) is 12.4. The van der Waals surface area contributed by atoms with Gasteiger partial charge in [-0.3, -0.25) is 0 Å². The monoisotopic (exact) mass is 232 g/mol. The van der Waals surface area contributed by atoms with Gasteiger partial charge in [0.05, 0.1) is 12.7 Å². The first-order valence-electron chi connectivity index (χ1n) is 6.56. The van der Waals surface area contributed by atoms with Gasteiger partial charge in [0.2, 0.25) is 0 Å². The number of ether oxygens (including phenoxy) is 1. The average molecular weight is 232 g/mol. The molecule has 2 N–H and O–H groups in total. The highest BCUT2D eigenvalue weighted by Gasteiger charge is 2.23. The lowest BCUT2D eigenvalue weighted by Gasteiger charge is -2.27. The first kappa shape index (κ1) is 15.9. The minimum Gasteiger partial charge on any atom is -0.391 e. The van der Waals surface area contributed by atoms with Crippen LogP contribution in [0.15, 0.2) is 0 Å². The first-order valence-corrected chi connectivity index (χ1v) is 6.56. The van der Waals surface area contributed by atoms with Crippen molar-refractivity contribution in [2.24, 2.45) is 0 Å². The second-order valence-electron chi connectivity index (χ2n) is 4.68. The summed E-state index contributed by atoms with van der Waals surface area (Å²) in [6.07, 6.45) is 8.11. The maximum absolute atomic E-state index is 9.59. The quantitative estimate of drug-likeness (QED) is 0.450. The van der Waals surface area contributed by atoms with Crippen LogP contribution in [0.1, 0.15) is 65.7 Å². The molecule has 0 aliphatic heterocycles.